The molecule has 3 aromatic rings. The summed E-state index contributed by atoms with van der Waals surface area (Å²) in [5.74, 6) is 1.02. The number of benzene rings is 1. The van der Waals surface area contributed by atoms with Crippen LogP contribution in [-0.2, 0) is 0 Å². The average molecular weight is 518 g/mol. The number of pyridine rings is 2. The first-order valence-electron chi connectivity index (χ1n) is 11.8. The fourth-order valence-electron chi connectivity index (χ4n) is 4.95. The number of hydrogen-bond donors (Lipinski definition) is 2. The molecule has 2 aromatic heterocycles. The summed E-state index contributed by atoms with van der Waals surface area (Å²) in [4.78, 5) is 24.2. The Kier molecular flexibility index (Phi) is 9.90. The smallest absolute Gasteiger partial charge is 0.163 e. The van der Waals surface area contributed by atoms with E-state index in [9.17, 15) is 9.90 Å². The van der Waals surface area contributed by atoms with E-state index < -0.39 is 0 Å². The predicted molar refractivity (Wildman–Crippen MR) is 134 cm³/mol. The summed E-state index contributed by atoms with van der Waals surface area (Å²) in [5, 5.41) is 13.8. The number of anilines is 1. The molecule has 0 saturated heterocycles. The van der Waals surface area contributed by atoms with Crippen molar-refractivity contribution < 1.29 is 34.7 Å². The van der Waals surface area contributed by atoms with E-state index in [1.807, 2.05) is 38.1 Å². The van der Waals surface area contributed by atoms with Gasteiger partial charge in [-0.1, -0.05) is 0 Å². The number of fused-ring (bicyclic) bond motifs is 1. The fraction of sp³-hybridized carbons (Fsp3) is 0.444. The quantitative estimate of drug-likeness (QED) is 0.424. The number of ketones is 1. The summed E-state index contributed by atoms with van der Waals surface area (Å²) < 4.78 is 0. The second kappa shape index (κ2) is 12.0. The van der Waals surface area contributed by atoms with E-state index in [0.717, 1.165) is 64.4 Å². The number of rotatable bonds is 6. The van der Waals surface area contributed by atoms with Crippen molar-refractivity contribution in [1.29, 1.82) is 0 Å². The van der Waals surface area contributed by atoms with Gasteiger partial charge in [0.25, 0.3) is 0 Å². The van der Waals surface area contributed by atoms with Crippen molar-refractivity contribution in [3.63, 3.8) is 0 Å². The van der Waals surface area contributed by atoms with Crippen LogP contribution in [0.1, 0.15) is 54.1 Å². The number of nitrogens with one attached hydrogen (secondary N) is 1. The minimum absolute atomic E-state index is 0. The maximum absolute atomic E-state index is 12.5. The molecule has 1 aliphatic rings. The summed E-state index contributed by atoms with van der Waals surface area (Å²) >= 11 is 0. The van der Waals surface area contributed by atoms with Crippen LogP contribution < -0.4 is 30.1 Å². The van der Waals surface area contributed by atoms with Crippen LogP contribution in [0.5, 0.6) is 5.75 Å². The third-order valence-electron chi connectivity index (χ3n) is 6.70. The Hall–Kier alpha value is -2.41. The van der Waals surface area contributed by atoms with Crippen molar-refractivity contribution in [2.45, 2.75) is 52.5 Å². The van der Waals surface area contributed by atoms with Gasteiger partial charge < -0.3 is 40.1 Å². The number of nitrogens with zero attached hydrogens (tertiary/aromatic N) is 3. The van der Waals surface area contributed by atoms with E-state index in [2.05, 4.69) is 29.3 Å². The van der Waals surface area contributed by atoms with Crippen molar-refractivity contribution in [3.8, 4) is 17.0 Å². The third-order valence-corrected chi connectivity index (χ3v) is 6.70. The lowest BCUT2D eigenvalue weighted by atomic mass is 9.85. The normalized spacial score (nSPS) is 17.5. The minimum Gasteiger partial charge on any atom is -1.00 e. The number of carbonyl (C=O) groups excluding carboxylic acids is 1. The Labute approximate surface area is 220 Å². The summed E-state index contributed by atoms with van der Waals surface area (Å²) in [5.41, 5.74) is 6.23. The van der Waals surface area contributed by atoms with Crippen LogP contribution in [0.2, 0.25) is 0 Å². The van der Waals surface area contributed by atoms with Gasteiger partial charge in [-0.2, -0.15) is 0 Å². The highest BCUT2D eigenvalue weighted by molar-refractivity contribution is 6.06. The molecule has 2 heterocycles. The predicted octanol–water partition coefficient (Wildman–Crippen LogP) is -0.638. The number of aryl methyl sites for hydroxylation is 2. The highest BCUT2D eigenvalue weighted by atomic mass is 35.5. The Morgan fingerprint density at radius 2 is 1.71 bits per heavy atom. The molecule has 0 amide bonds. The maximum Gasteiger partial charge on any atom is 0.163 e. The first kappa shape index (κ1) is 28.8. The summed E-state index contributed by atoms with van der Waals surface area (Å²) in [6.07, 6.45) is 6.18. The first-order chi connectivity index (χ1) is 15.7. The number of carbonyl (C=O) groups is 1. The van der Waals surface area contributed by atoms with Crippen molar-refractivity contribution in [2.24, 2.45) is 5.92 Å². The number of aromatic nitrogens is 2. The minimum atomic E-state index is -0.0169. The van der Waals surface area contributed by atoms with E-state index in [0.29, 0.717) is 17.4 Å². The number of hydrogen-bond acceptors (Lipinski definition) is 6. The second-order valence-corrected chi connectivity index (χ2v) is 9.75. The zero-order valence-electron chi connectivity index (χ0n) is 21.0. The van der Waals surface area contributed by atoms with Crippen molar-refractivity contribution >= 4 is 22.5 Å². The molecular weight excluding hydrogens is 483 g/mol. The number of halogens is 2. The lowest BCUT2D eigenvalue weighted by molar-refractivity contribution is -0.001000. The fourth-order valence-corrected chi connectivity index (χ4v) is 4.95. The van der Waals surface area contributed by atoms with E-state index >= 15 is 0 Å². The van der Waals surface area contributed by atoms with Gasteiger partial charge in [-0.15, -0.1) is 0 Å². The zero-order valence-corrected chi connectivity index (χ0v) is 22.5. The Morgan fingerprint density at radius 3 is 2.29 bits per heavy atom. The van der Waals surface area contributed by atoms with Gasteiger partial charge >= 0.3 is 0 Å². The van der Waals surface area contributed by atoms with Gasteiger partial charge in [-0.25, -0.2) is 4.98 Å². The monoisotopic (exact) mass is 516 g/mol. The molecule has 2 N–H and O–H groups in total. The topological polar surface area (TPSA) is 78.3 Å². The van der Waals surface area contributed by atoms with Crippen molar-refractivity contribution in [2.75, 3.05) is 26.0 Å². The molecule has 1 aliphatic carbocycles. The number of phenols is 1. The van der Waals surface area contributed by atoms with E-state index in [4.69, 9.17) is 4.98 Å². The second-order valence-electron chi connectivity index (χ2n) is 9.75. The van der Waals surface area contributed by atoms with Crippen LogP contribution in [0.25, 0.3) is 22.3 Å². The molecule has 6 nitrogen and oxygen atoms in total. The lowest BCUT2D eigenvalue weighted by Crippen LogP contribution is -3.00. The average Bonchev–Trinajstić information content (AvgIpc) is 2.77. The van der Waals surface area contributed by atoms with Crippen LogP contribution >= 0.6 is 0 Å². The van der Waals surface area contributed by atoms with Gasteiger partial charge in [0.2, 0.25) is 0 Å². The van der Waals surface area contributed by atoms with Gasteiger partial charge in [0.05, 0.1) is 22.5 Å². The van der Waals surface area contributed by atoms with Gasteiger partial charge in [-0.3, -0.25) is 9.78 Å². The highest BCUT2D eigenvalue weighted by Gasteiger charge is 2.24. The standard InChI is InChI=1S/C27H34N4O2.2ClH/c1-16-12-20(13-17(2)27(16)33)23-10-11-24-26(30-23)25(22(14-28-24)18(3)32)29-21-8-6-19(7-9-21)15-31(4)5;;/h10-14,19,21,33H,6-9,15H2,1-5H3,(H,28,29);2*1H/p-2. The molecule has 0 unspecified atom stereocenters. The van der Waals surface area contributed by atoms with Crippen molar-refractivity contribution in [3.05, 3.63) is 47.2 Å². The number of phenolic OH excluding ortho intramolecular Hbond substituents is 1. The Balaban J connectivity index is 0.00000216. The highest BCUT2D eigenvalue weighted by Crippen LogP contribution is 2.34. The number of Topliss-reactive ketones (excluding diaryl/α,β-unsaturated/α-hetero) is 1. The molecule has 8 heteroatoms. The molecule has 0 aliphatic heterocycles. The van der Waals surface area contributed by atoms with Crippen LogP contribution in [0.3, 0.4) is 0 Å². The van der Waals surface area contributed by atoms with Crippen LogP contribution in [0.4, 0.5) is 5.69 Å². The van der Waals surface area contributed by atoms with E-state index in [-0.39, 0.29) is 30.6 Å². The molecule has 1 aromatic carbocycles. The van der Waals surface area contributed by atoms with E-state index in [1.165, 1.54) is 12.8 Å². The lowest BCUT2D eigenvalue weighted by Gasteiger charge is -2.31. The number of aromatic hydroxyl groups is 1. The van der Waals surface area contributed by atoms with Crippen LogP contribution in [0.15, 0.2) is 30.5 Å². The van der Waals surface area contributed by atoms with Gasteiger partial charge in [0, 0.05) is 24.3 Å². The molecule has 0 bridgehead atoms. The van der Waals surface area contributed by atoms with Gasteiger partial charge in [0.1, 0.15) is 11.3 Å². The molecule has 0 radical (unpaired) electrons. The van der Waals surface area contributed by atoms with E-state index in [1.54, 1.807) is 13.1 Å². The molecule has 35 heavy (non-hydrogen) atoms. The molecule has 1 saturated carbocycles. The Bertz CT molecular complexity index is 1170. The SMILES string of the molecule is CC(=O)c1cnc2ccc(-c3cc(C)c(O)c(C)c3)nc2c1NC1CCC(CN(C)C)CC1.[Cl-].[Cl-]. The van der Waals surface area contributed by atoms with Gasteiger partial charge in [0.15, 0.2) is 5.78 Å². The van der Waals surface area contributed by atoms with Crippen LogP contribution in [0, 0.1) is 19.8 Å². The zero-order chi connectivity index (χ0) is 23.7. The molecule has 4 rings (SSSR count). The first-order valence-corrected chi connectivity index (χ1v) is 11.8. The molecule has 0 atom stereocenters. The summed E-state index contributed by atoms with van der Waals surface area (Å²) in [7, 11) is 4.26. The molecular formula is C27H34Cl2N4O2-2. The van der Waals surface area contributed by atoms with Gasteiger partial charge in [-0.05, 0) is 102 Å². The largest absolute Gasteiger partial charge is 1.00 e. The molecule has 190 valence electrons. The Morgan fingerprint density at radius 1 is 1.09 bits per heavy atom. The summed E-state index contributed by atoms with van der Waals surface area (Å²) in [6, 6.07) is 8.11. The third kappa shape index (κ3) is 6.43. The summed E-state index contributed by atoms with van der Waals surface area (Å²) in [6.45, 7) is 6.49. The molecule has 0 spiro atoms. The maximum atomic E-state index is 12.5. The van der Waals surface area contributed by atoms with Crippen LogP contribution in [-0.4, -0.2) is 52.4 Å². The molecule has 1 fully saturated rings. The van der Waals surface area contributed by atoms with Crippen molar-refractivity contribution in [1.82, 2.24) is 14.9 Å².